The van der Waals surface area contributed by atoms with Crippen molar-refractivity contribution in [2.24, 2.45) is 0 Å². The molecule has 0 spiro atoms. The first-order chi connectivity index (χ1) is 7.75. The smallest absolute Gasteiger partial charge is 0.250 e. The summed E-state index contributed by atoms with van der Waals surface area (Å²) in [6.45, 7) is 7.12. The van der Waals surface area contributed by atoms with Gasteiger partial charge in [-0.15, -0.1) is 0 Å². The van der Waals surface area contributed by atoms with Crippen molar-refractivity contribution in [3.8, 4) is 0 Å². The Balaban J connectivity index is 2.29. The van der Waals surface area contributed by atoms with Crippen LogP contribution in [0.15, 0.2) is 23.0 Å². The maximum absolute atomic E-state index is 11.6. The van der Waals surface area contributed by atoms with Crippen LogP contribution in [0.4, 0.5) is 0 Å². The van der Waals surface area contributed by atoms with E-state index in [2.05, 4.69) is 12.2 Å². The second kappa shape index (κ2) is 7.23. The predicted octanol–water partition coefficient (Wildman–Crippen LogP) is 1.94. The molecule has 90 valence electrons. The molecule has 3 heteroatoms. The van der Waals surface area contributed by atoms with Crippen molar-refractivity contribution >= 4 is 0 Å². The summed E-state index contributed by atoms with van der Waals surface area (Å²) in [4.78, 5) is 11.6. The molecule has 16 heavy (non-hydrogen) atoms. The van der Waals surface area contributed by atoms with Gasteiger partial charge in [0.15, 0.2) is 0 Å². The zero-order chi connectivity index (χ0) is 11.8. The van der Waals surface area contributed by atoms with E-state index in [9.17, 15) is 4.79 Å². The van der Waals surface area contributed by atoms with E-state index < -0.39 is 0 Å². The van der Waals surface area contributed by atoms with Crippen molar-refractivity contribution in [2.45, 2.75) is 39.7 Å². The third-order valence-electron chi connectivity index (χ3n) is 2.68. The van der Waals surface area contributed by atoms with Crippen LogP contribution in [-0.2, 0) is 6.54 Å². The highest BCUT2D eigenvalue weighted by atomic mass is 16.1. The number of aryl methyl sites for hydroxylation is 1. The maximum Gasteiger partial charge on any atom is 0.250 e. The first kappa shape index (κ1) is 13.0. The second-order valence-electron chi connectivity index (χ2n) is 4.11. The van der Waals surface area contributed by atoms with Crippen LogP contribution < -0.4 is 10.9 Å². The van der Waals surface area contributed by atoms with Crippen LogP contribution in [0.1, 0.15) is 31.9 Å². The molecule has 3 nitrogen and oxygen atoms in total. The normalized spacial score (nSPS) is 10.6. The third-order valence-corrected chi connectivity index (χ3v) is 2.68. The molecule has 1 N–H and O–H groups in total. The third kappa shape index (κ3) is 4.19. The molecule has 1 heterocycles. The first-order valence-electron chi connectivity index (χ1n) is 6.13. The molecule has 1 aromatic rings. The van der Waals surface area contributed by atoms with Crippen LogP contribution in [0.5, 0.6) is 0 Å². The molecule has 1 rings (SSSR count). The Labute approximate surface area is 97.5 Å². The lowest BCUT2D eigenvalue weighted by Crippen LogP contribution is -2.22. The van der Waals surface area contributed by atoms with Gasteiger partial charge in [0, 0.05) is 18.3 Å². The van der Waals surface area contributed by atoms with Crippen LogP contribution in [0, 0.1) is 6.92 Å². The Hall–Kier alpha value is -1.09. The number of pyridine rings is 1. The number of nitrogens with zero attached hydrogens (tertiary/aromatic N) is 1. The van der Waals surface area contributed by atoms with Crippen LogP contribution >= 0.6 is 0 Å². The topological polar surface area (TPSA) is 34.0 Å². The first-order valence-corrected chi connectivity index (χ1v) is 6.13. The molecular formula is C13H22N2O. The molecule has 0 amide bonds. The lowest BCUT2D eigenvalue weighted by atomic mass is 10.2. The molecular weight excluding hydrogens is 200 g/mol. The van der Waals surface area contributed by atoms with Crippen LogP contribution in [-0.4, -0.2) is 17.7 Å². The summed E-state index contributed by atoms with van der Waals surface area (Å²) in [7, 11) is 0. The Morgan fingerprint density at radius 2 is 2.06 bits per heavy atom. The lowest BCUT2D eigenvalue weighted by Gasteiger charge is -2.09. The van der Waals surface area contributed by atoms with E-state index in [1.165, 1.54) is 6.42 Å². The van der Waals surface area contributed by atoms with Gasteiger partial charge in [0.2, 0.25) is 0 Å². The molecule has 0 fully saturated rings. The minimum atomic E-state index is 0.113. The van der Waals surface area contributed by atoms with Crippen LogP contribution in [0.2, 0.25) is 0 Å². The van der Waals surface area contributed by atoms with Crippen molar-refractivity contribution in [2.75, 3.05) is 13.1 Å². The summed E-state index contributed by atoms with van der Waals surface area (Å²) < 4.78 is 1.85. The van der Waals surface area contributed by atoms with E-state index in [4.69, 9.17) is 0 Å². The molecule has 0 aliphatic heterocycles. The highest BCUT2D eigenvalue weighted by Gasteiger charge is 1.98. The van der Waals surface area contributed by atoms with Crippen molar-refractivity contribution in [3.05, 3.63) is 34.2 Å². The second-order valence-corrected chi connectivity index (χ2v) is 4.11. The van der Waals surface area contributed by atoms with Crippen molar-refractivity contribution in [3.63, 3.8) is 0 Å². The molecule has 0 atom stereocenters. The number of hydrogen-bond acceptors (Lipinski definition) is 2. The fourth-order valence-electron chi connectivity index (χ4n) is 1.73. The van der Waals surface area contributed by atoms with Gasteiger partial charge in [-0.1, -0.05) is 13.0 Å². The highest BCUT2D eigenvalue weighted by molar-refractivity contribution is 5.04. The Bertz CT molecular complexity index is 357. The molecule has 0 bridgehead atoms. The maximum atomic E-state index is 11.6. The van der Waals surface area contributed by atoms with Gasteiger partial charge < -0.3 is 9.88 Å². The molecule has 0 radical (unpaired) electrons. The van der Waals surface area contributed by atoms with E-state index >= 15 is 0 Å². The zero-order valence-corrected chi connectivity index (χ0v) is 10.3. The molecule has 0 aliphatic rings. The predicted molar refractivity (Wildman–Crippen MR) is 67.8 cm³/mol. The van der Waals surface area contributed by atoms with Gasteiger partial charge in [-0.2, -0.15) is 0 Å². The van der Waals surface area contributed by atoms with Crippen molar-refractivity contribution in [1.29, 1.82) is 0 Å². The molecule has 0 unspecified atom stereocenters. The number of aromatic nitrogens is 1. The molecule has 0 aliphatic carbocycles. The van der Waals surface area contributed by atoms with Gasteiger partial charge in [-0.3, -0.25) is 4.79 Å². The van der Waals surface area contributed by atoms with E-state index in [1.807, 2.05) is 23.6 Å². The Kier molecular flexibility index (Phi) is 5.86. The van der Waals surface area contributed by atoms with Crippen molar-refractivity contribution < 1.29 is 0 Å². The van der Waals surface area contributed by atoms with Crippen LogP contribution in [0.25, 0.3) is 0 Å². The molecule has 0 saturated carbocycles. The number of hydrogen-bond donors (Lipinski definition) is 1. The largest absolute Gasteiger partial charge is 0.317 e. The van der Waals surface area contributed by atoms with Gasteiger partial charge in [0.05, 0.1) is 0 Å². The van der Waals surface area contributed by atoms with E-state index in [1.54, 1.807) is 6.07 Å². The minimum Gasteiger partial charge on any atom is -0.317 e. The minimum absolute atomic E-state index is 0.113. The van der Waals surface area contributed by atoms with E-state index in [-0.39, 0.29) is 5.56 Å². The monoisotopic (exact) mass is 222 g/mol. The lowest BCUT2D eigenvalue weighted by molar-refractivity contribution is 0.551. The summed E-state index contributed by atoms with van der Waals surface area (Å²) in [5.74, 6) is 0. The fourth-order valence-corrected chi connectivity index (χ4v) is 1.73. The van der Waals surface area contributed by atoms with Crippen molar-refractivity contribution in [1.82, 2.24) is 9.88 Å². The Morgan fingerprint density at radius 3 is 2.75 bits per heavy atom. The van der Waals surface area contributed by atoms with Gasteiger partial charge in [-0.25, -0.2) is 0 Å². The van der Waals surface area contributed by atoms with Gasteiger partial charge >= 0.3 is 0 Å². The molecule has 1 aromatic heterocycles. The van der Waals surface area contributed by atoms with Gasteiger partial charge in [0.25, 0.3) is 5.56 Å². The molecule has 0 aromatic carbocycles. The standard InChI is InChI=1S/C13H22N2O/c1-3-9-14-10-4-5-11-15-12(2)7-6-8-13(15)16/h6-8,14H,3-5,9-11H2,1-2H3. The summed E-state index contributed by atoms with van der Waals surface area (Å²) in [5.41, 5.74) is 1.16. The summed E-state index contributed by atoms with van der Waals surface area (Å²) in [6.07, 6.45) is 3.36. The summed E-state index contributed by atoms with van der Waals surface area (Å²) >= 11 is 0. The van der Waals surface area contributed by atoms with E-state index in [0.717, 1.165) is 38.2 Å². The Morgan fingerprint density at radius 1 is 1.25 bits per heavy atom. The molecule has 0 saturated heterocycles. The number of nitrogens with one attached hydrogen (secondary N) is 1. The summed E-state index contributed by atoms with van der Waals surface area (Å²) in [5, 5.41) is 3.36. The SMILES string of the molecule is CCCNCCCCn1c(C)cccc1=O. The van der Waals surface area contributed by atoms with Crippen LogP contribution in [0.3, 0.4) is 0 Å². The fraction of sp³-hybridized carbons (Fsp3) is 0.615. The van der Waals surface area contributed by atoms with Gasteiger partial charge in [0.1, 0.15) is 0 Å². The number of rotatable bonds is 7. The zero-order valence-electron chi connectivity index (χ0n) is 10.3. The average Bonchev–Trinajstić information content (AvgIpc) is 2.26. The quantitative estimate of drug-likeness (QED) is 0.715. The van der Waals surface area contributed by atoms with Gasteiger partial charge in [-0.05, 0) is 45.3 Å². The number of unbranched alkanes of at least 4 members (excludes halogenated alkanes) is 1. The van der Waals surface area contributed by atoms with E-state index in [0.29, 0.717) is 0 Å². The highest BCUT2D eigenvalue weighted by Crippen LogP contribution is 1.97. The summed E-state index contributed by atoms with van der Waals surface area (Å²) in [6, 6.07) is 5.43. The average molecular weight is 222 g/mol.